The van der Waals surface area contributed by atoms with Crippen LogP contribution in [-0.4, -0.2) is 36.7 Å². The molecule has 4 rings (SSSR count). The molecule has 1 amide bonds. The Labute approximate surface area is 210 Å². The third kappa shape index (κ3) is 6.36. The lowest BCUT2D eigenvalue weighted by Crippen LogP contribution is -2.41. The molecule has 0 aliphatic carbocycles. The van der Waals surface area contributed by atoms with E-state index in [2.05, 4.69) is 10.3 Å². The molecule has 2 aromatic carbocycles. The SMILES string of the molecule is O=C(Nc1ccc(Cc2ccncc2)cc1)C1CCN(S(=O)(=O)Cc2ccc(Cl)c(Cl)c2)CC1. The Morgan fingerprint density at radius 3 is 2.18 bits per heavy atom. The van der Waals surface area contributed by atoms with Crippen LogP contribution in [0.1, 0.15) is 29.5 Å². The number of aromatic nitrogens is 1. The minimum atomic E-state index is -3.51. The van der Waals surface area contributed by atoms with Gasteiger partial charge in [-0.25, -0.2) is 12.7 Å². The Hall–Kier alpha value is -2.45. The molecule has 1 N–H and O–H groups in total. The number of piperidine rings is 1. The summed E-state index contributed by atoms with van der Waals surface area (Å²) < 4.78 is 27.1. The number of hydrogen-bond acceptors (Lipinski definition) is 4. The molecule has 178 valence electrons. The maximum Gasteiger partial charge on any atom is 0.227 e. The summed E-state index contributed by atoms with van der Waals surface area (Å²) >= 11 is 11.9. The number of rotatable bonds is 7. The van der Waals surface area contributed by atoms with Crippen molar-refractivity contribution in [3.63, 3.8) is 0 Å². The molecule has 1 fully saturated rings. The van der Waals surface area contributed by atoms with Crippen molar-refractivity contribution >= 4 is 44.8 Å². The van der Waals surface area contributed by atoms with E-state index in [1.807, 2.05) is 36.4 Å². The molecular formula is C25H25Cl2N3O3S. The summed E-state index contributed by atoms with van der Waals surface area (Å²) in [6.45, 7) is 0.624. The number of amides is 1. The van der Waals surface area contributed by atoms with Gasteiger partial charge in [0.05, 0.1) is 15.8 Å². The average Bonchev–Trinajstić information content (AvgIpc) is 2.83. The fourth-order valence-electron chi connectivity index (χ4n) is 4.01. The van der Waals surface area contributed by atoms with Crippen LogP contribution in [0, 0.1) is 5.92 Å². The normalized spacial score (nSPS) is 15.2. The molecule has 1 aliphatic rings. The monoisotopic (exact) mass is 517 g/mol. The van der Waals surface area contributed by atoms with Gasteiger partial charge in [-0.05, 0) is 72.4 Å². The van der Waals surface area contributed by atoms with E-state index < -0.39 is 10.0 Å². The first kappa shape index (κ1) is 24.7. The number of sulfonamides is 1. The minimum Gasteiger partial charge on any atom is -0.326 e. The topological polar surface area (TPSA) is 79.4 Å². The number of nitrogens with one attached hydrogen (secondary N) is 1. The predicted octanol–water partition coefficient (Wildman–Crippen LogP) is 5.16. The Morgan fingerprint density at radius 2 is 1.53 bits per heavy atom. The number of pyridine rings is 1. The van der Waals surface area contributed by atoms with Crippen molar-refractivity contribution in [1.82, 2.24) is 9.29 Å². The highest BCUT2D eigenvalue weighted by atomic mass is 35.5. The number of anilines is 1. The summed E-state index contributed by atoms with van der Waals surface area (Å²) in [6.07, 6.45) is 5.30. The van der Waals surface area contributed by atoms with Crippen molar-refractivity contribution in [2.75, 3.05) is 18.4 Å². The van der Waals surface area contributed by atoms with E-state index in [1.54, 1.807) is 30.6 Å². The second-order valence-electron chi connectivity index (χ2n) is 8.40. The standard InChI is InChI=1S/C25H25Cl2N3O3S/c26-23-6-3-20(16-24(23)27)17-34(32,33)30-13-9-21(10-14-30)25(31)29-22-4-1-18(2-5-22)15-19-7-11-28-12-8-19/h1-8,11-12,16,21H,9-10,13-15,17H2,(H,29,31). The molecule has 0 radical (unpaired) electrons. The molecule has 6 nitrogen and oxygen atoms in total. The zero-order chi connectivity index (χ0) is 24.1. The molecule has 0 saturated carbocycles. The number of hydrogen-bond donors (Lipinski definition) is 1. The lowest BCUT2D eigenvalue weighted by molar-refractivity contribution is -0.120. The molecule has 2 heterocycles. The molecule has 1 aromatic heterocycles. The molecule has 1 aliphatic heterocycles. The first-order valence-electron chi connectivity index (χ1n) is 11.0. The minimum absolute atomic E-state index is 0.0802. The largest absolute Gasteiger partial charge is 0.326 e. The van der Waals surface area contributed by atoms with Gasteiger partial charge >= 0.3 is 0 Å². The van der Waals surface area contributed by atoms with Gasteiger partial charge in [-0.2, -0.15) is 0 Å². The van der Waals surface area contributed by atoms with Gasteiger partial charge in [-0.3, -0.25) is 9.78 Å². The zero-order valence-corrected chi connectivity index (χ0v) is 20.8. The van der Waals surface area contributed by atoms with Crippen molar-refractivity contribution in [1.29, 1.82) is 0 Å². The van der Waals surface area contributed by atoms with Crippen LogP contribution in [0.2, 0.25) is 10.0 Å². The quantitative estimate of drug-likeness (QED) is 0.469. The van der Waals surface area contributed by atoms with E-state index in [0.717, 1.165) is 17.7 Å². The Morgan fingerprint density at radius 1 is 0.912 bits per heavy atom. The summed E-state index contributed by atoms with van der Waals surface area (Å²) in [6, 6.07) is 16.6. The Bertz CT molecular complexity index is 1240. The van der Waals surface area contributed by atoms with E-state index in [-0.39, 0.29) is 17.6 Å². The van der Waals surface area contributed by atoms with Crippen molar-refractivity contribution in [3.05, 3.63) is 93.7 Å². The summed E-state index contributed by atoms with van der Waals surface area (Å²) in [5.41, 5.74) is 3.64. The van der Waals surface area contributed by atoms with E-state index >= 15 is 0 Å². The summed E-state index contributed by atoms with van der Waals surface area (Å²) in [7, 11) is -3.51. The molecule has 3 aromatic rings. The number of nitrogens with zero attached hydrogens (tertiary/aromatic N) is 2. The van der Waals surface area contributed by atoms with Gasteiger partial charge in [0.25, 0.3) is 0 Å². The lowest BCUT2D eigenvalue weighted by atomic mass is 9.97. The second-order valence-corrected chi connectivity index (χ2v) is 11.2. The number of halogens is 2. The second kappa shape index (κ2) is 10.9. The van der Waals surface area contributed by atoms with Gasteiger partial charge in [0.1, 0.15) is 0 Å². The van der Waals surface area contributed by atoms with E-state index in [9.17, 15) is 13.2 Å². The molecule has 1 saturated heterocycles. The highest BCUT2D eigenvalue weighted by Crippen LogP contribution is 2.26. The molecule has 34 heavy (non-hydrogen) atoms. The van der Waals surface area contributed by atoms with Gasteiger partial charge in [-0.15, -0.1) is 0 Å². The Balaban J connectivity index is 1.28. The van der Waals surface area contributed by atoms with Gasteiger partial charge in [-0.1, -0.05) is 41.4 Å². The summed E-state index contributed by atoms with van der Waals surface area (Å²) in [5.74, 6) is -0.455. The van der Waals surface area contributed by atoms with Crippen molar-refractivity contribution in [2.45, 2.75) is 25.0 Å². The molecular weight excluding hydrogens is 493 g/mol. The van der Waals surface area contributed by atoms with Crippen molar-refractivity contribution < 1.29 is 13.2 Å². The van der Waals surface area contributed by atoms with Gasteiger partial charge < -0.3 is 5.32 Å². The average molecular weight is 518 g/mol. The lowest BCUT2D eigenvalue weighted by Gasteiger charge is -2.30. The Kier molecular flexibility index (Phi) is 7.88. The van der Waals surface area contributed by atoms with Crippen LogP contribution >= 0.6 is 23.2 Å². The summed E-state index contributed by atoms with van der Waals surface area (Å²) in [4.78, 5) is 16.8. The van der Waals surface area contributed by atoms with Gasteiger partial charge in [0.2, 0.25) is 15.9 Å². The van der Waals surface area contributed by atoms with Gasteiger partial charge in [0.15, 0.2) is 0 Å². The van der Waals surface area contributed by atoms with Crippen LogP contribution in [0.3, 0.4) is 0 Å². The third-order valence-corrected chi connectivity index (χ3v) is 8.52. The van der Waals surface area contributed by atoms with Crippen LogP contribution in [0.25, 0.3) is 0 Å². The van der Waals surface area contributed by atoms with E-state index in [0.29, 0.717) is 41.5 Å². The molecule has 0 atom stereocenters. The fraction of sp³-hybridized carbons (Fsp3) is 0.280. The van der Waals surface area contributed by atoms with Crippen molar-refractivity contribution in [2.24, 2.45) is 5.92 Å². The van der Waals surface area contributed by atoms with Crippen LogP contribution in [0.15, 0.2) is 67.0 Å². The zero-order valence-electron chi connectivity index (χ0n) is 18.5. The molecule has 0 unspecified atom stereocenters. The molecule has 9 heteroatoms. The maximum absolute atomic E-state index is 12.8. The highest BCUT2D eigenvalue weighted by molar-refractivity contribution is 7.88. The fourth-order valence-corrected chi connectivity index (χ4v) is 5.89. The highest BCUT2D eigenvalue weighted by Gasteiger charge is 2.31. The summed E-state index contributed by atoms with van der Waals surface area (Å²) in [5, 5.41) is 3.68. The first-order valence-corrected chi connectivity index (χ1v) is 13.4. The molecule has 0 bridgehead atoms. The number of carbonyl (C=O) groups is 1. The predicted molar refractivity (Wildman–Crippen MR) is 135 cm³/mol. The van der Waals surface area contributed by atoms with E-state index in [4.69, 9.17) is 23.2 Å². The molecule has 0 spiro atoms. The smallest absolute Gasteiger partial charge is 0.227 e. The van der Waals surface area contributed by atoms with Crippen LogP contribution in [0.5, 0.6) is 0 Å². The van der Waals surface area contributed by atoms with Crippen LogP contribution in [-0.2, 0) is 27.0 Å². The van der Waals surface area contributed by atoms with Crippen LogP contribution < -0.4 is 5.32 Å². The number of carbonyl (C=O) groups excluding carboxylic acids is 1. The van der Waals surface area contributed by atoms with E-state index in [1.165, 1.54) is 9.87 Å². The number of benzene rings is 2. The first-order chi connectivity index (χ1) is 16.3. The maximum atomic E-state index is 12.8. The van der Waals surface area contributed by atoms with Crippen LogP contribution in [0.4, 0.5) is 5.69 Å². The third-order valence-electron chi connectivity index (χ3n) is 5.93. The van der Waals surface area contributed by atoms with Crippen molar-refractivity contribution in [3.8, 4) is 0 Å². The van der Waals surface area contributed by atoms with Gasteiger partial charge in [0, 0.05) is 37.1 Å².